The molecule has 2 rings (SSSR count). The number of fused-ring (bicyclic) bond motifs is 1. The van der Waals surface area contributed by atoms with Crippen LogP contribution in [0.25, 0.3) is 0 Å². The standard InChI is InChI=1S/C10H11NO2/c12-6-7-2-1-3-8-9(13)4-5-11-10(7)8/h1-3,11-12H,4-6H2. The fourth-order valence-corrected chi connectivity index (χ4v) is 1.61. The van der Waals surface area contributed by atoms with Crippen LogP contribution in [-0.2, 0) is 6.61 Å². The molecule has 0 atom stereocenters. The number of aliphatic hydroxyl groups excluding tert-OH is 1. The number of carbonyl (C=O) groups excluding carboxylic acids is 1. The van der Waals surface area contributed by atoms with E-state index in [0.29, 0.717) is 18.5 Å². The Bertz CT molecular complexity index is 347. The van der Waals surface area contributed by atoms with E-state index in [9.17, 15) is 4.79 Å². The Balaban J connectivity index is 2.54. The Morgan fingerprint density at radius 3 is 3.08 bits per heavy atom. The van der Waals surface area contributed by atoms with Crippen LogP contribution >= 0.6 is 0 Å². The van der Waals surface area contributed by atoms with Gasteiger partial charge in [-0.3, -0.25) is 4.79 Å². The van der Waals surface area contributed by atoms with Crippen LogP contribution in [0, 0.1) is 0 Å². The van der Waals surface area contributed by atoms with Crippen molar-refractivity contribution < 1.29 is 9.90 Å². The zero-order valence-electron chi connectivity index (χ0n) is 7.21. The van der Waals surface area contributed by atoms with Gasteiger partial charge in [-0.05, 0) is 6.07 Å². The minimum atomic E-state index is -0.0244. The number of benzene rings is 1. The van der Waals surface area contributed by atoms with Crippen LogP contribution in [-0.4, -0.2) is 17.4 Å². The highest BCUT2D eigenvalue weighted by Crippen LogP contribution is 2.25. The molecule has 0 aliphatic carbocycles. The van der Waals surface area contributed by atoms with Gasteiger partial charge in [0.1, 0.15) is 0 Å². The third kappa shape index (κ3) is 1.31. The smallest absolute Gasteiger partial charge is 0.166 e. The van der Waals surface area contributed by atoms with Gasteiger partial charge >= 0.3 is 0 Å². The van der Waals surface area contributed by atoms with Gasteiger partial charge in [-0.2, -0.15) is 0 Å². The zero-order valence-corrected chi connectivity index (χ0v) is 7.21. The average molecular weight is 177 g/mol. The summed E-state index contributed by atoms with van der Waals surface area (Å²) in [6.07, 6.45) is 0.544. The summed E-state index contributed by atoms with van der Waals surface area (Å²) in [6.45, 7) is 0.645. The molecular formula is C10H11NO2. The molecule has 0 amide bonds. The summed E-state index contributed by atoms with van der Waals surface area (Å²) in [5, 5.41) is 12.2. The Hall–Kier alpha value is -1.35. The van der Waals surface area contributed by atoms with Gasteiger partial charge in [0, 0.05) is 24.1 Å². The molecule has 1 aromatic rings. The van der Waals surface area contributed by atoms with Crippen LogP contribution in [0.1, 0.15) is 22.3 Å². The number of rotatable bonds is 1. The lowest BCUT2D eigenvalue weighted by Crippen LogP contribution is -2.19. The number of Topliss-reactive ketones (excluding diaryl/α,β-unsaturated/α-hetero) is 1. The van der Waals surface area contributed by atoms with Crippen molar-refractivity contribution in [1.82, 2.24) is 0 Å². The molecule has 0 bridgehead atoms. The number of hydrogen-bond donors (Lipinski definition) is 2. The largest absolute Gasteiger partial charge is 0.392 e. The van der Waals surface area contributed by atoms with Crippen molar-refractivity contribution in [3.8, 4) is 0 Å². The van der Waals surface area contributed by atoms with Crippen LogP contribution in [0.15, 0.2) is 18.2 Å². The first-order valence-corrected chi connectivity index (χ1v) is 4.33. The summed E-state index contributed by atoms with van der Waals surface area (Å²) in [7, 11) is 0. The molecular weight excluding hydrogens is 166 g/mol. The van der Waals surface area contributed by atoms with Gasteiger partial charge in [-0.25, -0.2) is 0 Å². The second kappa shape index (κ2) is 3.18. The number of anilines is 1. The van der Waals surface area contributed by atoms with E-state index in [4.69, 9.17) is 5.11 Å². The summed E-state index contributed by atoms with van der Waals surface area (Å²) >= 11 is 0. The number of para-hydroxylation sites is 1. The number of nitrogens with one attached hydrogen (secondary N) is 1. The highest BCUT2D eigenvalue weighted by molar-refractivity contribution is 6.03. The predicted octanol–water partition coefficient (Wildman–Crippen LogP) is 1.18. The number of ketones is 1. The van der Waals surface area contributed by atoms with E-state index in [-0.39, 0.29) is 12.4 Å². The highest BCUT2D eigenvalue weighted by atomic mass is 16.3. The molecule has 13 heavy (non-hydrogen) atoms. The van der Waals surface area contributed by atoms with Crippen molar-refractivity contribution in [1.29, 1.82) is 0 Å². The summed E-state index contributed by atoms with van der Waals surface area (Å²) in [4.78, 5) is 11.4. The monoisotopic (exact) mass is 177 g/mol. The van der Waals surface area contributed by atoms with Crippen molar-refractivity contribution in [2.75, 3.05) is 11.9 Å². The third-order valence-electron chi connectivity index (χ3n) is 2.28. The molecule has 0 unspecified atom stereocenters. The molecule has 3 heteroatoms. The Morgan fingerprint density at radius 1 is 1.46 bits per heavy atom. The van der Waals surface area contributed by atoms with E-state index in [1.165, 1.54) is 0 Å². The van der Waals surface area contributed by atoms with Crippen LogP contribution < -0.4 is 5.32 Å². The molecule has 0 fully saturated rings. The van der Waals surface area contributed by atoms with Crippen molar-refractivity contribution in [3.05, 3.63) is 29.3 Å². The van der Waals surface area contributed by atoms with E-state index in [1.807, 2.05) is 6.07 Å². The number of hydrogen-bond acceptors (Lipinski definition) is 3. The molecule has 0 spiro atoms. The normalized spacial score (nSPS) is 15.0. The van der Waals surface area contributed by atoms with Gasteiger partial charge in [0.2, 0.25) is 0 Å². The fourth-order valence-electron chi connectivity index (χ4n) is 1.61. The van der Waals surface area contributed by atoms with E-state index >= 15 is 0 Å². The quantitative estimate of drug-likeness (QED) is 0.677. The Labute approximate surface area is 76.4 Å². The van der Waals surface area contributed by atoms with Gasteiger partial charge in [-0.15, -0.1) is 0 Å². The van der Waals surface area contributed by atoms with Gasteiger partial charge in [-0.1, -0.05) is 12.1 Å². The highest BCUT2D eigenvalue weighted by Gasteiger charge is 2.18. The molecule has 2 N–H and O–H groups in total. The van der Waals surface area contributed by atoms with Crippen LogP contribution in [0.4, 0.5) is 5.69 Å². The average Bonchev–Trinajstić information content (AvgIpc) is 2.18. The van der Waals surface area contributed by atoms with Gasteiger partial charge < -0.3 is 10.4 Å². The molecule has 1 aromatic carbocycles. The van der Waals surface area contributed by atoms with E-state index in [1.54, 1.807) is 12.1 Å². The molecule has 1 aliphatic rings. The van der Waals surface area contributed by atoms with Gasteiger partial charge in [0.05, 0.1) is 12.3 Å². The maximum absolute atomic E-state index is 11.4. The van der Waals surface area contributed by atoms with Crippen molar-refractivity contribution in [2.45, 2.75) is 13.0 Å². The fraction of sp³-hybridized carbons (Fsp3) is 0.300. The molecule has 3 nitrogen and oxygen atoms in total. The molecule has 0 aromatic heterocycles. The third-order valence-corrected chi connectivity index (χ3v) is 2.28. The molecule has 68 valence electrons. The van der Waals surface area contributed by atoms with Crippen molar-refractivity contribution >= 4 is 11.5 Å². The maximum atomic E-state index is 11.4. The first-order chi connectivity index (χ1) is 6.33. The first kappa shape index (κ1) is 8.26. The predicted molar refractivity (Wildman–Crippen MR) is 49.8 cm³/mol. The van der Waals surface area contributed by atoms with Crippen LogP contribution in [0.2, 0.25) is 0 Å². The molecule has 1 aliphatic heterocycles. The van der Waals surface area contributed by atoms with Crippen LogP contribution in [0.5, 0.6) is 0 Å². The second-order valence-electron chi connectivity index (χ2n) is 3.10. The molecule has 1 heterocycles. The summed E-state index contributed by atoms with van der Waals surface area (Å²) in [5.41, 5.74) is 2.31. The van der Waals surface area contributed by atoms with Gasteiger partial charge in [0.25, 0.3) is 0 Å². The van der Waals surface area contributed by atoms with E-state index < -0.39 is 0 Å². The van der Waals surface area contributed by atoms with Crippen molar-refractivity contribution in [3.63, 3.8) is 0 Å². The molecule has 0 saturated heterocycles. The topological polar surface area (TPSA) is 49.3 Å². The van der Waals surface area contributed by atoms with E-state index in [0.717, 1.165) is 11.3 Å². The number of aliphatic hydroxyl groups is 1. The first-order valence-electron chi connectivity index (χ1n) is 4.33. The lowest BCUT2D eigenvalue weighted by Gasteiger charge is -2.19. The molecule has 0 saturated carbocycles. The summed E-state index contributed by atoms with van der Waals surface area (Å²) in [5.74, 6) is 0.157. The zero-order chi connectivity index (χ0) is 9.26. The summed E-state index contributed by atoms with van der Waals surface area (Å²) in [6, 6.07) is 5.42. The lowest BCUT2D eigenvalue weighted by molar-refractivity contribution is 0.0983. The molecule has 0 radical (unpaired) electrons. The van der Waals surface area contributed by atoms with Crippen LogP contribution in [0.3, 0.4) is 0 Å². The SMILES string of the molecule is O=C1CCNc2c(CO)cccc21. The minimum absolute atomic E-state index is 0.0244. The van der Waals surface area contributed by atoms with Gasteiger partial charge in [0.15, 0.2) is 5.78 Å². The van der Waals surface area contributed by atoms with Crippen molar-refractivity contribution in [2.24, 2.45) is 0 Å². The summed E-state index contributed by atoms with van der Waals surface area (Å²) < 4.78 is 0. The Morgan fingerprint density at radius 2 is 2.31 bits per heavy atom. The lowest BCUT2D eigenvalue weighted by atomic mass is 9.99. The second-order valence-corrected chi connectivity index (χ2v) is 3.10. The Kier molecular flexibility index (Phi) is 2.02. The minimum Gasteiger partial charge on any atom is -0.392 e. The number of carbonyl (C=O) groups is 1. The van der Waals surface area contributed by atoms with E-state index in [2.05, 4.69) is 5.32 Å². The maximum Gasteiger partial charge on any atom is 0.166 e.